The lowest BCUT2D eigenvalue weighted by atomic mass is 10.7. The van der Waals surface area contributed by atoms with E-state index in [1.165, 1.54) is 0 Å². The topological polar surface area (TPSA) is 72.9 Å². The van der Waals surface area contributed by atoms with Crippen molar-refractivity contribution in [1.82, 2.24) is 19.1 Å². The van der Waals surface area contributed by atoms with Crippen molar-refractivity contribution in [3.8, 4) is 0 Å². The molecular weight excluding hydrogens is 265 g/mol. The maximum absolute atomic E-state index is 10.6. The van der Waals surface area contributed by atoms with Crippen LogP contribution in [0.5, 0.6) is 0 Å². The minimum Gasteiger partial charge on any atom is -0.475 e. The van der Waals surface area contributed by atoms with Crippen molar-refractivity contribution in [3.63, 3.8) is 0 Å². The molecule has 0 saturated carbocycles. The highest BCUT2D eigenvalue weighted by molar-refractivity contribution is 5.73. The summed E-state index contributed by atoms with van der Waals surface area (Å²) in [6.07, 6.45) is 5.69. The zero-order chi connectivity index (χ0) is 14.9. The van der Waals surface area contributed by atoms with Crippen LogP contribution < -0.4 is 0 Å². The average molecular weight is 278 g/mol. The van der Waals surface area contributed by atoms with Crippen molar-refractivity contribution in [2.24, 2.45) is 14.1 Å². The Balaban J connectivity index is 0.000000256. The SMILES string of the molecule is Cn1ccnc1.Cn1ccnc1.O=C(O)C(F)(F)F. The Kier molecular flexibility index (Phi) is 6.94. The molecule has 2 aromatic rings. The number of alkyl halides is 3. The van der Waals surface area contributed by atoms with Gasteiger partial charge in [0.05, 0.1) is 12.7 Å². The van der Waals surface area contributed by atoms with Crippen molar-refractivity contribution in [2.75, 3.05) is 0 Å². The fourth-order valence-corrected chi connectivity index (χ4v) is 0.652. The van der Waals surface area contributed by atoms with E-state index in [0.717, 1.165) is 0 Å². The van der Waals surface area contributed by atoms with Gasteiger partial charge in [-0.15, -0.1) is 0 Å². The van der Waals surface area contributed by atoms with Crippen molar-refractivity contribution >= 4 is 5.97 Å². The lowest BCUT2D eigenvalue weighted by Gasteiger charge is -1.93. The van der Waals surface area contributed by atoms with E-state index in [9.17, 15) is 13.2 Å². The summed E-state index contributed by atoms with van der Waals surface area (Å²) in [5.74, 6) is -2.76. The molecule has 0 saturated heterocycles. The first-order valence-electron chi connectivity index (χ1n) is 4.87. The highest BCUT2D eigenvalue weighted by Crippen LogP contribution is 2.13. The lowest BCUT2D eigenvalue weighted by Crippen LogP contribution is -2.21. The average Bonchev–Trinajstić information content (AvgIpc) is 2.92. The lowest BCUT2D eigenvalue weighted by molar-refractivity contribution is -0.192. The second-order valence-electron chi connectivity index (χ2n) is 3.26. The van der Waals surface area contributed by atoms with Crippen LogP contribution in [-0.2, 0) is 18.9 Å². The molecule has 0 unspecified atom stereocenters. The molecule has 0 fully saturated rings. The number of nitrogens with zero attached hydrogens (tertiary/aromatic N) is 4. The number of halogens is 3. The van der Waals surface area contributed by atoms with Crippen LogP contribution in [0.4, 0.5) is 13.2 Å². The van der Waals surface area contributed by atoms with Crippen molar-refractivity contribution in [3.05, 3.63) is 37.4 Å². The third kappa shape index (κ3) is 9.39. The van der Waals surface area contributed by atoms with Gasteiger partial charge in [0.1, 0.15) is 0 Å². The zero-order valence-electron chi connectivity index (χ0n) is 10.2. The van der Waals surface area contributed by atoms with Crippen molar-refractivity contribution in [1.29, 1.82) is 0 Å². The molecule has 2 heterocycles. The van der Waals surface area contributed by atoms with Gasteiger partial charge in [-0.1, -0.05) is 0 Å². The maximum Gasteiger partial charge on any atom is 0.490 e. The molecule has 0 bridgehead atoms. The molecule has 0 aliphatic rings. The molecular formula is C10H13F3N4O2. The molecule has 1 N–H and O–H groups in total. The molecule has 0 aliphatic carbocycles. The molecule has 2 rings (SSSR count). The number of hydrogen-bond donors (Lipinski definition) is 1. The van der Waals surface area contributed by atoms with Crippen LogP contribution >= 0.6 is 0 Å². The monoisotopic (exact) mass is 278 g/mol. The van der Waals surface area contributed by atoms with Gasteiger partial charge in [0.25, 0.3) is 0 Å². The number of aryl methyl sites for hydroxylation is 2. The van der Waals surface area contributed by atoms with Crippen LogP contribution in [0.15, 0.2) is 37.4 Å². The van der Waals surface area contributed by atoms with Gasteiger partial charge in [-0.3, -0.25) is 0 Å². The number of aliphatic carboxylic acids is 1. The van der Waals surface area contributed by atoms with Gasteiger partial charge >= 0.3 is 12.1 Å². The van der Waals surface area contributed by atoms with Crippen LogP contribution in [-0.4, -0.2) is 36.4 Å². The van der Waals surface area contributed by atoms with E-state index in [1.54, 1.807) is 25.0 Å². The summed E-state index contributed by atoms with van der Waals surface area (Å²) < 4.78 is 35.5. The molecule has 0 aromatic carbocycles. The van der Waals surface area contributed by atoms with Crippen LogP contribution in [0.3, 0.4) is 0 Å². The molecule has 0 radical (unpaired) electrons. The first-order valence-corrected chi connectivity index (χ1v) is 4.87. The fraction of sp³-hybridized carbons (Fsp3) is 0.300. The molecule has 106 valence electrons. The summed E-state index contributed by atoms with van der Waals surface area (Å²) in [6.45, 7) is 0. The van der Waals surface area contributed by atoms with Crippen molar-refractivity contribution < 1.29 is 23.1 Å². The maximum atomic E-state index is 10.6. The summed E-state index contributed by atoms with van der Waals surface area (Å²) in [5.41, 5.74) is 0. The largest absolute Gasteiger partial charge is 0.490 e. The van der Waals surface area contributed by atoms with Crippen LogP contribution in [0.2, 0.25) is 0 Å². The summed E-state index contributed by atoms with van der Waals surface area (Å²) in [7, 11) is 3.88. The summed E-state index contributed by atoms with van der Waals surface area (Å²) in [5, 5.41) is 7.12. The van der Waals surface area contributed by atoms with E-state index >= 15 is 0 Å². The van der Waals surface area contributed by atoms with Gasteiger partial charge in [-0.05, 0) is 0 Å². The minimum atomic E-state index is -5.08. The Morgan fingerprint density at radius 2 is 1.37 bits per heavy atom. The number of aromatic nitrogens is 4. The molecule has 0 amide bonds. The van der Waals surface area contributed by atoms with Gasteiger partial charge in [-0.25, -0.2) is 14.8 Å². The second kappa shape index (κ2) is 7.90. The first-order chi connectivity index (χ1) is 8.73. The number of rotatable bonds is 0. The summed E-state index contributed by atoms with van der Waals surface area (Å²) >= 11 is 0. The number of carboxylic acid groups (broad SMARTS) is 1. The van der Waals surface area contributed by atoms with E-state index in [0.29, 0.717) is 0 Å². The van der Waals surface area contributed by atoms with Crippen LogP contribution in [0.1, 0.15) is 0 Å². The molecule has 9 heteroatoms. The Morgan fingerprint density at radius 3 is 1.42 bits per heavy atom. The minimum absolute atomic E-state index is 1.75. The predicted octanol–water partition coefficient (Wildman–Crippen LogP) is 1.47. The highest BCUT2D eigenvalue weighted by Gasteiger charge is 2.38. The number of imidazole rings is 2. The van der Waals surface area contributed by atoms with E-state index < -0.39 is 12.1 Å². The Morgan fingerprint density at radius 1 is 1.05 bits per heavy atom. The molecule has 6 nitrogen and oxygen atoms in total. The third-order valence-electron chi connectivity index (χ3n) is 1.52. The van der Waals surface area contributed by atoms with E-state index in [2.05, 4.69) is 9.97 Å². The van der Waals surface area contributed by atoms with Crippen LogP contribution in [0.25, 0.3) is 0 Å². The number of carboxylic acids is 1. The molecule has 0 spiro atoms. The number of hydrogen-bond acceptors (Lipinski definition) is 3. The summed E-state index contributed by atoms with van der Waals surface area (Å²) in [6, 6.07) is 0. The van der Waals surface area contributed by atoms with Gasteiger partial charge in [-0.2, -0.15) is 13.2 Å². The summed E-state index contributed by atoms with van der Waals surface area (Å²) in [4.78, 5) is 16.5. The van der Waals surface area contributed by atoms with E-state index in [1.807, 2.05) is 35.6 Å². The van der Waals surface area contributed by atoms with Gasteiger partial charge in [0, 0.05) is 38.9 Å². The predicted molar refractivity (Wildman–Crippen MR) is 60.1 cm³/mol. The molecule has 19 heavy (non-hydrogen) atoms. The smallest absolute Gasteiger partial charge is 0.475 e. The molecule has 0 atom stereocenters. The standard InChI is InChI=1S/2C4H6N2.C2HF3O2/c2*1-6-3-2-5-4-6;3-2(4,5)1(6)7/h2*2-4H,1H3;(H,6,7). The molecule has 2 aromatic heterocycles. The quantitative estimate of drug-likeness (QED) is 0.792. The third-order valence-corrected chi connectivity index (χ3v) is 1.52. The zero-order valence-corrected chi connectivity index (χ0v) is 10.2. The Hall–Kier alpha value is -2.32. The Labute approximate surface area is 107 Å². The van der Waals surface area contributed by atoms with Gasteiger partial charge in [0.2, 0.25) is 0 Å². The highest BCUT2D eigenvalue weighted by atomic mass is 19.4. The van der Waals surface area contributed by atoms with Gasteiger partial charge < -0.3 is 14.2 Å². The van der Waals surface area contributed by atoms with Crippen molar-refractivity contribution in [2.45, 2.75) is 6.18 Å². The fourth-order valence-electron chi connectivity index (χ4n) is 0.652. The molecule has 0 aliphatic heterocycles. The van der Waals surface area contributed by atoms with Crippen LogP contribution in [0, 0.1) is 0 Å². The first kappa shape index (κ1) is 16.7. The second-order valence-corrected chi connectivity index (χ2v) is 3.26. The Bertz CT molecular complexity index is 419. The van der Waals surface area contributed by atoms with E-state index in [-0.39, 0.29) is 0 Å². The van der Waals surface area contributed by atoms with E-state index in [4.69, 9.17) is 9.90 Å². The number of carbonyl (C=O) groups is 1. The normalized spacial score (nSPS) is 9.74. The van der Waals surface area contributed by atoms with Gasteiger partial charge in [0.15, 0.2) is 0 Å².